The van der Waals surface area contributed by atoms with Crippen molar-refractivity contribution < 1.29 is 14.4 Å². The molecule has 5 aromatic rings. The van der Waals surface area contributed by atoms with E-state index in [1.807, 2.05) is 66.9 Å². The van der Waals surface area contributed by atoms with Crippen LogP contribution in [-0.4, -0.2) is 28.0 Å². The van der Waals surface area contributed by atoms with Crippen molar-refractivity contribution in [1.29, 1.82) is 0 Å². The van der Waals surface area contributed by atoms with Crippen molar-refractivity contribution in [3.63, 3.8) is 0 Å². The van der Waals surface area contributed by atoms with Crippen LogP contribution in [0.1, 0.15) is 22.2 Å². The SMILES string of the molecule is CC(Sc1ccc(NC(=O)/C(=C/c2cccs2)NC(=O)c2ccccc2)cc1)C(=O)Nc1nc2ccccc2s1. The van der Waals surface area contributed by atoms with E-state index < -0.39 is 5.91 Å². The van der Waals surface area contributed by atoms with Crippen molar-refractivity contribution in [2.45, 2.75) is 17.1 Å². The standard InChI is InChI=1S/C30H24N4O3S3/c1-19(27(35)34-30-33-24-11-5-6-12-26(24)40-30)39-22-15-13-21(14-16-22)31-29(37)25(18-23-10-7-17-38-23)32-28(36)20-8-3-2-4-9-20/h2-19H,1H3,(H,31,37)(H,32,36)(H,33,34,35)/b25-18-. The zero-order valence-corrected chi connectivity index (χ0v) is 23.7. The molecule has 200 valence electrons. The maximum atomic E-state index is 13.1. The molecule has 0 saturated heterocycles. The molecule has 0 bridgehead atoms. The predicted molar refractivity (Wildman–Crippen MR) is 165 cm³/mol. The number of rotatable bonds is 9. The first kappa shape index (κ1) is 27.3. The van der Waals surface area contributed by atoms with Crippen LogP contribution in [0, 0.1) is 0 Å². The minimum atomic E-state index is -0.443. The van der Waals surface area contributed by atoms with E-state index in [4.69, 9.17) is 0 Å². The summed E-state index contributed by atoms with van der Waals surface area (Å²) in [5, 5.41) is 10.6. The predicted octanol–water partition coefficient (Wildman–Crippen LogP) is 6.89. The van der Waals surface area contributed by atoms with Crippen molar-refractivity contribution >= 4 is 79.3 Å². The fraction of sp³-hybridized carbons (Fsp3) is 0.0667. The van der Waals surface area contributed by atoms with Crippen molar-refractivity contribution in [1.82, 2.24) is 10.3 Å². The summed E-state index contributed by atoms with van der Waals surface area (Å²) in [5.41, 5.74) is 2.01. The third-order valence-electron chi connectivity index (χ3n) is 5.68. The average Bonchev–Trinajstić information content (AvgIpc) is 3.63. The Labute approximate surface area is 243 Å². The Morgan fingerprint density at radius 1 is 0.875 bits per heavy atom. The number of nitrogens with zero attached hydrogens (tertiary/aromatic N) is 1. The highest BCUT2D eigenvalue weighted by molar-refractivity contribution is 8.00. The first-order valence-electron chi connectivity index (χ1n) is 12.3. The molecule has 2 aromatic heterocycles. The second-order valence-electron chi connectivity index (χ2n) is 8.61. The fourth-order valence-electron chi connectivity index (χ4n) is 3.66. The van der Waals surface area contributed by atoms with E-state index in [-0.39, 0.29) is 22.8 Å². The normalized spacial score (nSPS) is 12.1. The molecule has 0 saturated carbocycles. The van der Waals surface area contributed by atoms with E-state index in [9.17, 15) is 14.4 Å². The lowest BCUT2D eigenvalue weighted by Gasteiger charge is -2.13. The van der Waals surface area contributed by atoms with Crippen LogP contribution in [0.3, 0.4) is 0 Å². The van der Waals surface area contributed by atoms with Crippen LogP contribution in [-0.2, 0) is 9.59 Å². The summed E-state index contributed by atoms with van der Waals surface area (Å²) in [4.78, 5) is 44.8. The molecular weight excluding hydrogens is 561 g/mol. The van der Waals surface area contributed by atoms with E-state index in [2.05, 4.69) is 20.9 Å². The van der Waals surface area contributed by atoms with Crippen LogP contribution >= 0.6 is 34.4 Å². The van der Waals surface area contributed by atoms with Gasteiger partial charge in [0.1, 0.15) is 5.70 Å². The fourth-order valence-corrected chi connectivity index (χ4v) is 6.06. The molecule has 40 heavy (non-hydrogen) atoms. The summed E-state index contributed by atoms with van der Waals surface area (Å²) in [6.07, 6.45) is 1.65. The molecule has 0 spiro atoms. The second-order valence-corrected chi connectivity index (χ2v) is 12.0. The molecule has 2 heterocycles. The van der Waals surface area contributed by atoms with Gasteiger partial charge >= 0.3 is 0 Å². The maximum absolute atomic E-state index is 13.1. The lowest BCUT2D eigenvalue weighted by Crippen LogP contribution is -2.30. The quantitative estimate of drug-likeness (QED) is 0.129. The molecule has 0 radical (unpaired) electrons. The number of hydrogen-bond acceptors (Lipinski definition) is 7. The Balaban J connectivity index is 1.21. The van der Waals surface area contributed by atoms with E-state index >= 15 is 0 Å². The summed E-state index contributed by atoms with van der Waals surface area (Å²) in [6, 6.07) is 27.4. The lowest BCUT2D eigenvalue weighted by atomic mass is 10.2. The molecule has 1 atom stereocenters. The molecule has 5 rings (SSSR count). The van der Waals surface area contributed by atoms with Gasteiger partial charge in [0.25, 0.3) is 11.8 Å². The number of carbonyl (C=O) groups excluding carboxylic acids is 3. The van der Waals surface area contributed by atoms with Gasteiger partial charge in [0, 0.05) is 21.0 Å². The van der Waals surface area contributed by atoms with Gasteiger partial charge < -0.3 is 16.0 Å². The van der Waals surface area contributed by atoms with Crippen molar-refractivity contribution in [2.24, 2.45) is 0 Å². The van der Waals surface area contributed by atoms with Crippen molar-refractivity contribution in [3.05, 3.63) is 113 Å². The second kappa shape index (κ2) is 12.7. The molecule has 0 fully saturated rings. The number of para-hydroxylation sites is 1. The zero-order chi connectivity index (χ0) is 27.9. The van der Waals surface area contributed by atoms with Crippen LogP contribution in [0.4, 0.5) is 10.8 Å². The summed E-state index contributed by atoms with van der Waals surface area (Å²) >= 11 is 4.31. The van der Waals surface area contributed by atoms with Crippen LogP contribution in [0.25, 0.3) is 16.3 Å². The summed E-state index contributed by atoms with van der Waals surface area (Å²) in [5.74, 6) is -0.955. The van der Waals surface area contributed by atoms with Crippen LogP contribution in [0.5, 0.6) is 0 Å². The van der Waals surface area contributed by atoms with E-state index in [1.54, 1.807) is 42.5 Å². The number of benzene rings is 3. The van der Waals surface area contributed by atoms with E-state index in [0.29, 0.717) is 16.4 Å². The number of carbonyl (C=O) groups is 3. The zero-order valence-electron chi connectivity index (χ0n) is 21.3. The Hall–Kier alpha value is -4.25. The Kier molecular flexibility index (Phi) is 8.70. The highest BCUT2D eigenvalue weighted by Crippen LogP contribution is 2.28. The number of thiophene rings is 1. The van der Waals surface area contributed by atoms with Crippen molar-refractivity contribution in [2.75, 3.05) is 10.6 Å². The van der Waals surface area contributed by atoms with Gasteiger partial charge in [0.2, 0.25) is 5.91 Å². The van der Waals surface area contributed by atoms with Gasteiger partial charge in [-0.15, -0.1) is 23.1 Å². The molecule has 0 aliphatic rings. The largest absolute Gasteiger partial charge is 0.321 e. The van der Waals surface area contributed by atoms with Crippen LogP contribution in [0.2, 0.25) is 0 Å². The average molecular weight is 585 g/mol. The third kappa shape index (κ3) is 7.03. The lowest BCUT2D eigenvalue weighted by molar-refractivity contribution is -0.115. The van der Waals surface area contributed by atoms with Crippen molar-refractivity contribution in [3.8, 4) is 0 Å². The minimum Gasteiger partial charge on any atom is -0.321 e. The summed E-state index contributed by atoms with van der Waals surface area (Å²) < 4.78 is 1.02. The first-order chi connectivity index (χ1) is 19.4. The van der Waals surface area contributed by atoms with Gasteiger partial charge in [-0.1, -0.05) is 47.7 Å². The van der Waals surface area contributed by atoms with Gasteiger partial charge in [-0.2, -0.15) is 0 Å². The number of aromatic nitrogens is 1. The Morgan fingerprint density at radius 3 is 2.35 bits per heavy atom. The molecule has 1 unspecified atom stereocenters. The number of anilines is 2. The number of fused-ring (bicyclic) bond motifs is 1. The molecule has 3 amide bonds. The highest BCUT2D eigenvalue weighted by Gasteiger charge is 2.18. The van der Waals surface area contributed by atoms with Gasteiger partial charge in [-0.3, -0.25) is 14.4 Å². The molecule has 10 heteroatoms. The van der Waals surface area contributed by atoms with Gasteiger partial charge in [0.05, 0.1) is 15.5 Å². The minimum absolute atomic E-state index is 0.134. The Morgan fingerprint density at radius 2 is 1.62 bits per heavy atom. The monoisotopic (exact) mass is 584 g/mol. The molecule has 0 aliphatic heterocycles. The number of amides is 3. The van der Waals surface area contributed by atoms with E-state index in [1.165, 1.54) is 34.4 Å². The summed E-state index contributed by atoms with van der Waals surface area (Å²) in [6.45, 7) is 1.83. The molecule has 7 nitrogen and oxygen atoms in total. The number of nitrogens with one attached hydrogen (secondary N) is 3. The number of thioether (sulfide) groups is 1. The smallest absolute Gasteiger partial charge is 0.272 e. The number of thiazole rings is 1. The van der Waals surface area contributed by atoms with Gasteiger partial charge in [0.15, 0.2) is 5.13 Å². The summed E-state index contributed by atoms with van der Waals surface area (Å²) in [7, 11) is 0. The van der Waals surface area contributed by atoms with Crippen LogP contribution < -0.4 is 16.0 Å². The highest BCUT2D eigenvalue weighted by atomic mass is 32.2. The maximum Gasteiger partial charge on any atom is 0.272 e. The molecule has 3 N–H and O–H groups in total. The van der Waals surface area contributed by atoms with Crippen LogP contribution in [0.15, 0.2) is 107 Å². The molecule has 0 aliphatic carbocycles. The first-order valence-corrected chi connectivity index (χ1v) is 14.9. The van der Waals surface area contributed by atoms with Gasteiger partial charge in [-0.25, -0.2) is 4.98 Å². The molecular formula is C30H24N4O3S3. The topological polar surface area (TPSA) is 100 Å². The number of hydrogen-bond donors (Lipinski definition) is 3. The Bertz CT molecular complexity index is 1630. The third-order valence-corrected chi connectivity index (χ3v) is 8.56. The molecule has 3 aromatic carbocycles. The van der Waals surface area contributed by atoms with Gasteiger partial charge in [-0.05, 0) is 73.0 Å². The van der Waals surface area contributed by atoms with E-state index in [0.717, 1.165) is 20.0 Å².